The monoisotopic (exact) mass is 558 g/mol. The summed E-state index contributed by atoms with van der Waals surface area (Å²) in [6.07, 6.45) is -0.438. The van der Waals surface area contributed by atoms with Gasteiger partial charge in [-0.05, 0) is 39.8 Å². The summed E-state index contributed by atoms with van der Waals surface area (Å²) in [4.78, 5) is 5.02. The highest BCUT2D eigenvalue weighted by molar-refractivity contribution is 6.01. The molecule has 0 bridgehead atoms. The van der Waals surface area contributed by atoms with Crippen LogP contribution in [0.4, 0.5) is 5.69 Å². The largest absolute Gasteiger partial charge is 0.464 e. The Bertz CT molecular complexity index is 1920. The van der Waals surface area contributed by atoms with Gasteiger partial charge in [0.25, 0.3) is 0 Å². The number of fused-ring (bicyclic) bond motifs is 3. The summed E-state index contributed by atoms with van der Waals surface area (Å²) >= 11 is 0. The number of hydrogen-bond acceptors (Lipinski definition) is 5. The maximum atomic E-state index is 6.28. The summed E-state index contributed by atoms with van der Waals surface area (Å²) in [7, 11) is 0. The van der Waals surface area contributed by atoms with Gasteiger partial charge >= 0.3 is 0 Å². The Morgan fingerprint density at radius 2 is 1.19 bits per heavy atom. The van der Waals surface area contributed by atoms with E-state index in [2.05, 4.69) is 119 Å². The Morgan fingerprint density at radius 3 is 1.93 bits per heavy atom. The van der Waals surface area contributed by atoms with Crippen molar-refractivity contribution in [2.24, 2.45) is 4.99 Å². The first kappa shape index (κ1) is 25.3. The van der Waals surface area contributed by atoms with Crippen LogP contribution in [0.3, 0.4) is 0 Å². The van der Waals surface area contributed by atoms with E-state index in [1.807, 2.05) is 42.5 Å². The van der Waals surface area contributed by atoms with Crippen molar-refractivity contribution in [1.82, 2.24) is 10.6 Å². The Kier molecular flexibility index (Phi) is 6.35. The molecule has 0 spiro atoms. The van der Waals surface area contributed by atoms with Crippen LogP contribution in [0, 0.1) is 0 Å². The van der Waals surface area contributed by atoms with Gasteiger partial charge in [-0.1, -0.05) is 133 Å². The number of benzene rings is 6. The van der Waals surface area contributed by atoms with E-state index in [0.29, 0.717) is 0 Å². The molecular formula is C38H30N4O. The van der Waals surface area contributed by atoms with Crippen molar-refractivity contribution in [3.63, 3.8) is 0 Å². The Balaban J connectivity index is 1.09. The molecule has 3 N–H and O–H groups in total. The Labute approximate surface area is 250 Å². The van der Waals surface area contributed by atoms with E-state index < -0.39 is 0 Å². The highest BCUT2D eigenvalue weighted by Gasteiger charge is 2.26. The molecule has 0 aromatic heterocycles. The second kappa shape index (κ2) is 10.8. The van der Waals surface area contributed by atoms with E-state index in [-0.39, 0.29) is 18.6 Å². The topological polar surface area (TPSA) is 57.7 Å². The molecule has 0 saturated carbocycles. The predicted octanol–water partition coefficient (Wildman–Crippen LogP) is 8.35. The van der Waals surface area contributed by atoms with Crippen molar-refractivity contribution in [2.75, 3.05) is 5.32 Å². The Morgan fingerprint density at radius 1 is 0.535 bits per heavy atom. The maximum absolute atomic E-state index is 6.28. The molecule has 3 atom stereocenters. The highest BCUT2D eigenvalue weighted by Crippen LogP contribution is 2.43. The van der Waals surface area contributed by atoms with Gasteiger partial charge in [-0.3, -0.25) is 5.32 Å². The van der Waals surface area contributed by atoms with E-state index in [1.54, 1.807) is 0 Å². The van der Waals surface area contributed by atoms with Crippen LogP contribution in [-0.2, 0) is 0 Å². The number of hydrogen-bond donors (Lipinski definition) is 3. The van der Waals surface area contributed by atoms with Gasteiger partial charge in [-0.2, -0.15) is 0 Å². The van der Waals surface area contributed by atoms with E-state index >= 15 is 0 Å². The number of nitrogens with one attached hydrogen (secondary N) is 3. The summed E-state index contributed by atoms with van der Waals surface area (Å²) in [5.74, 6) is 1.77. The van der Waals surface area contributed by atoms with Crippen molar-refractivity contribution in [3.05, 3.63) is 168 Å². The molecule has 3 unspecified atom stereocenters. The lowest BCUT2D eigenvalue weighted by Crippen LogP contribution is -2.44. The zero-order valence-corrected chi connectivity index (χ0v) is 23.4. The van der Waals surface area contributed by atoms with E-state index in [1.165, 1.54) is 5.39 Å². The SMILES string of the molecule is c1ccc(C2=NC(c3ccccc3)NC(c3ccc(-c4ccc5ccc6c(c5c4)NC(c4ccccc4)O6)cc3)N2)cc1. The average Bonchev–Trinajstić information content (AvgIpc) is 3.54. The Hall–Kier alpha value is -5.39. The summed E-state index contributed by atoms with van der Waals surface area (Å²) in [5.41, 5.74) is 7.83. The van der Waals surface area contributed by atoms with Gasteiger partial charge in [0.05, 0.1) is 5.69 Å². The predicted molar refractivity (Wildman–Crippen MR) is 174 cm³/mol. The quantitative estimate of drug-likeness (QED) is 0.199. The molecule has 2 aliphatic heterocycles. The average molecular weight is 559 g/mol. The summed E-state index contributed by atoms with van der Waals surface area (Å²) < 4.78 is 6.28. The number of nitrogens with zero attached hydrogens (tertiary/aromatic N) is 1. The van der Waals surface area contributed by atoms with E-state index in [9.17, 15) is 0 Å². The fourth-order valence-electron chi connectivity index (χ4n) is 5.94. The van der Waals surface area contributed by atoms with Crippen LogP contribution < -0.4 is 20.7 Å². The molecule has 5 nitrogen and oxygen atoms in total. The van der Waals surface area contributed by atoms with Gasteiger partial charge in [0.2, 0.25) is 0 Å². The molecule has 2 aliphatic rings. The fraction of sp³-hybridized carbons (Fsp3) is 0.0789. The van der Waals surface area contributed by atoms with E-state index in [4.69, 9.17) is 9.73 Å². The van der Waals surface area contributed by atoms with Crippen LogP contribution in [0.5, 0.6) is 5.75 Å². The second-order valence-corrected chi connectivity index (χ2v) is 11.0. The van der Waals surface area contributed by atoms with Crippen LogP contribution in [0.1, 0.15) is 40.8 Å². The minimum Gasteiger partial charge on any atom is -0.464 e. The standard InChI is InChI=1S/C38H30N4O/c1-4-10-27(11-5-1)35-40-36(28-12-6-2-7-13-28)42-37(41-35)29-19-16-25(17-20-29)31-21-18-26-22-23-33-34(32(26)24-31)39-38(43-33)30-14-8-3-9-15-30/h1-24,35,37-39,41H,(H,40,42). The van der Waals surface area contributed by atoms with Crippen LogP contribution in [0.2, 0.25) is 0 Å². The molecule has 0 radical (unpaired) electrons. The molecule has 2 heterocycles. The van der Waals surface area contributed by atoms with Crippen LogP contribution >= 0.6 is 0 Å². The minimum absolute atomic E-state index is 0.0943. The second-order valence-electron chi connectivity index (χ2n) is 11.0. The summed E-state index contributed by atoms with van der Waals surface area (Å²) in [6.45, 7) is 0. The van der Waals surface area contributed by atoms with Crippen molar-refractivity contribution < 1.29 is 4.74 Å². The first-order valence-electron chi connectivity index (χ1n) is 14.6. The van der Waals surface area contributed by atoms with Gasteiger partial charge in [0, 0.05) is 16.5 Å². The lowest BCUT2D eigenvalue weighted by atomic mass is 9.98. The number of aliphatic imine (C=N–C) groups is 1. The zero-order valence-electron chi connectivity index (χ0n) is 23.4. The number of anilines is 1. The van der Waals surface area contributed by atoms with Crippen LogP contribution in [-0.4, -0.2) is 5.84 Å². The zero-order chi connectivity index (χ0) is 28.6. The van der Waals surface area contributed by atoms with Crippen molar-refractivity contribution in [2.45, 2.75) is 18.6 Å². The van der Waals surface area contributed by atoms with Gasteiger partial charge in [-0.15, -0.1) is 0 Å². The van der Waals surface area contributed by atoms with Gasteiger partial charge in [-0.25, -0.2) is 4.99 Å². The third kappa shape index (κ3) is 4.90. The molecular weight excluding hydrogens is 528 g/mol. The molecule has 6 aromatic rings. The van der Waals surface area contributed by atoms with Crippen molar-refractivity contribution in [1.29, 1.82) is 0 Å². The molecule has 208 valence electrons. The number of rotatable bonds is 5. The molecule has 0 fully saturated rings. The van der Waals surface area contributed by atoms with Gasteiger partial charge in [0.1, 0.15) is 23.9 Å². The first-order valence-corrected chi connectivity index (χ1v) is 14.6. The maximum Gasteiger partial charge on any atom is 0.196 e. The third-order valence-corrected chi connectivity index (χ3v) is 8.21. The highest BCUT2D eigenvalue weighted by atomic mass is 16.5. The first-order chi connectivity index (χ1) is 21.3. The molecule has 43 heavy (non-hydrogen) atoms. The molecule has 6 aromatic carbocycles. The molecule has 0 amide bonds. The van der Waals surface area contributed by atoms with Crippen molar-refractivity contribution >= 4 is 22.3 Å². The molecule has 5 heteroatoms. The van der Waals surface area contributed by atoms with Crippen molar-refractivity contribution in [3.8, 4) is 16.9 Å². The van der Waals surface area contributed by atoms with E-state index in [0.717, 1.165) is 56.0 Å². The smallest absolute Gasteiger partial charge is 0.196 e. The normalized spacial score (nSPS) is 19.1. The minimum atomic E-state index is -0.190. The summed E-state index contributed by atoms with van der Waals surface area (Å²) in [6, 6.07) is 50.6. The fourth-order valence-corrected chi connectivity index (χ4v) is 5.94. The molecule has 0 aliphatic carbocycles. The van der Waals surface area contributed by atoms with Gasteiger partial charge < -0.3 is 15.4 Å². The molecule has 8 rings (SSSR count). The third-order valence-electron chi connectivity index (χ3n) is 8.21. The van der Waals surface area contributed by atoms with Crippen LogP contribution in [0.25, 0.3) is 21.9 Å². The lowest BCUT2D eigenvalue weighted by Gasteiger charge is -2.32. The molecule has 0 saturated heterocycles. The lowest BCUT2D eigenvalue weighted by molar-refractivity contribution is 0.260. The number of amidine groups is 1. The van der Waals surface area contributed by atoms with Gasteiger partial charge in [0.15, 0.2) is 6.23 Å². The van der Waals surface area contributed by atoms with Crippen LogP contribution in [0.15, 0.2) is 151 Å². The number of ether oxygens (including phenoxy) is 1. The summed E-state index contributed by atoms with van der Waals surface area (Å²) in [5, 5.41) is 13.3.